The fourth-order valence-corrected chi connectivity index (χ4v) is 4.62. The summed E-state index contributed by atoms with van der Waals surface area (Å²) in [4.78, 5) is 29.1. The molecule has 0 aliphatic rings. The van der Waals surface area contributed by atoms with Crippen molar-refractivity contribution >= 4 is 23.3 Å². The van der Waals surface area contributed by atoms with Gasteiger partial charge in [0.05, 0.1) is 22.9 Å². The molecule has 3 aromatic rings. The molecule has 0 spiro atoms. The Bertz CT molecular complexity index is 1220. The first kappa shape index (κ1) is 28.4. The summed E-state index contributed by atoms with van der Waals surface area (Å²) < 4.78 is 7.57. The second-order valence-electron chi connectivity index (χ2n) is 9.74. The van der Waals surface area contributed by atoms with Gasteiger partial charge in [0.15, 0.2) is 5.78 Å². The van der Waals surface area contributed by atoms with Crippen LogP contribution in [0.3, 0.4) is 0 Å². The molecule has 1 amide bonds. The quantitative estimate of drug-likeness (QED) is 0.303. The first-order chi connectivity index (χ1) is 17.6. The number of halogens is 1. The van der Waals surface area contributed by atoms with Crippen LogP contribution in [0.5, 0.6) is 5.75 Å². The van der Waals surface area contributed by atoms with Gasteiger partial charge in [0.2, 0.25) is 5.91 Å². The SMILES string of the molecule is CC(=O)NC(C)c1nc(-c2ccc(C[C@@H](CCO)CC(=O)c3ccc(OC(C)C)c(Cl)c3)cc2)cn1C. The van der Waals surface area contributed by atoms with Crippen molar-refractivity contribution in [2.75, 3.05) is 6.61 Å². The lowest BCUT2D eigenvalue weighted by molar-refractivity contribution is -0.119. The van der Waals surface area contributed by atoms with Crippen molar-refractivity contribution in [2.24, 2.45) is 13.0 Å². The summed E-state index contributed by atoms with van der Waals surface area (Å²) in [7, 11) is 1.91. The number of hydrogen-bond acceptors (Lipinski definition) is 5. The number of rotatable bonds is 12. The zero-order valence-corrected chi connectivity index (χ0v) is 22.9. The molecule has 7 nitrogen and oxygen atoms in total. The molecule has 0 saturated heterocycles. The number of aryl methyl sites for hydroxylation is 1. The van der Waals surface area contributed by atoms with Crippen molar-refractivity contribution in [3.05, 3.63) is 70.6 Å². The summed E-state index contributed by atoms with van der Waals surface area (Å²) in [5, 5.41) is 12.9. The van der Waals surface area contributed by atoms with Crippen molar-refractivity contribution in [3.63, 3.8) is 0 Å². The van der Waals surface area contributed by atoms with Gasteiger partial charge in [-0.1, -0.05) is 35.9 Å². The van der Waals surface area contributed by atoms with Crippen molar-refractivity contribution in [1.29, 1.82) is 0 Å². The number of aliphatic hydroxyl groups excluding tert-OH is 1. The van der Waals surface area contributed by atoms with Crippen LogP contribution in [-0.4, -0.2) is 39.1 Å². The van der Waals surface area contributed by atoms with Gasteiger partial charge in [-0.3, -0.25) is 9.59 Å². The van der Waals surface area contributed by atoms with Gasteiger partial charge in [0, 0.05) is 44.3 Å². The van der Waals surface area contributed by atoms with E-state index in [1.165, 1.54) is 6.92 Å². The molecule has 0 bridgehead atoms. The maximum atomic E-state index is 13.0. The van der Waals surface area contributed by atoms with E-state index in [0.29, 0.717) is 35.6 Å². The summed E-state index contributed by atoms with van der Waals surface area (Å²) in [6.07, 6.45) is 3.44. The number of ketones is 1. The lowest BCUT2D eigenvalue weighted by Gasteiger charge is -2.16. The van der Waals surface area contributed by atoms with E-state index in [4.69, 9.17) is 21.3 Å². The van der Waals surface area contributed by atoms with Crippen LogP contribution in [0.2, 0.25) is 5.02 Å². The van der Waals surface area contributed by atoms with Crippen molar-refractivity contribution in [3.8, 4) is 17.0 Å². The van der Waals surface area contributed by atoms with Gasteiger partial charge >= 0.3 is 0 Å². The summed E-state index contributed by atoms with van der Waals surface area (Å²) in [5.41, 5.74) is 3.41. The van der Waals surface area contributed by atoms with Crippen LogP contribution in [0.25, 0.3) is 11.3 Å². The third kappa shape index (κ3) is 7.91. The molecule has 37 heavy (non-hydrogen) atoms. The van der Waals surface area contributed by atoms with Crippen LogP contribution in [0.1, 0.15) is 68.3 Å². The zero-order valence-electron chi connectivity index (χ0n) is 22.1. The van der Waals surface area contributed by atoms with Crippen LogP contribution in [0.4, 0.5) is 0 Å². The van der Waals surface area contributed by atoms with E-state index in [2.05, 4.69) is 5.32 Å². The summed E-state index contributed by atoms with van der Waals surface area (Å²) >= 11 is 6.32. The number of carbonyl (C=O) groups is 2. The number of nitrogens with one attached hydrogen (secondary N) is 1. The number of ether oxygens (including phenoxy) is 1. The van der Waals surface area contributed by atoms with Gasteiger partial charge in [0.1, 0.15) is 11.6 Å². The second-order valence-corrected chi connectivity index (χ2v) is 10.1. The lowest BCUT2D eigenvalue weighted by Crippen LogP contribution is -2.25. The number of hydrogen-bond donors (Lipinski definition) is 2. The minimum Gasteiger partial charge on any atom is -0.489 e. The van der Waals surface area contributed by atoms with Crippen molar-refractivity contribution in [2.45, 2.75) is 59.1 Å². The highest BCUT2D eigenvalue weighted by atomic mass is 35.5. The minimum atomic E-state index is -0.193. The number of nitrogens with zero attached hydrogens (tertiary/aromatic N) is 2. The van der Waals surface area contributed by atoms with E-state index < -0.39 is 0 Å². The largest absolute Gasteiger partial charge is 0.489 e. The molecule has 1 aromatic heterocycles. The molecule has 198 valence electrons. The summed E-state index contributed by atoms with van der Waals surface area (Å²) in [5.74, 6) is 1.22. The van der Waals surface area contributed by atoms with E-state index in [-0.39, 0.29) is 36.4 Å². The molecule has 2 atom stereocenters. The number of carbonyl (C=O) groups excluding carboxylic acids is 2. The van der Waals surface area contributed by atoms with Crippen molar-refractivity contribution in [1.82, 2.24) is 14.9 Å². The van der Waals surface area contributed by atoms with Crippen LogP contribution in [0, 0.1) is 5.92 Å². The fourth-order valence-electron chi connectivity index (χ4n) is 4.40. The Morgan fingerprint density at radius 3 is 2.43 bits per heavy atom. The number of aromatic nitrogens is 2. The van der Waals surface area contributed by atoms with Gasteiger partial charge in [-0.05, 0) is 63.3 Å². The Morgan fingerprint density at radius 1 is 1.14 bits per heavy atom. The van der Waals surface area contributed by atoms with Gasteiger partial charge in [0.25, 0.3) is 0 Å². The van der Waals surface area contributed by atoms with E-state index >= 15 is 0 Å². The molecule has 1 unspecified atom stereocenters. The Labute approximate surface area is 223 Å². The maximum absolute atomic E-state index is 13.0. The third-order valence-corrected chi connectivity index (χ3v) is 6.42. The monoisotopic (exact) mass is 525 g/mol. The fraction of sp³-hybridized carbons (Fsp3) is 0.414. The van der Waals surface area contributed by atoms with Crippen LogP contribution in [0.15, 0.2) is 48.7 Å². The number of amides is 1. The molecule has 0 radical (unpaired) electrons. The Kier molecular flexibility index (Phi) is 9.89. The van der Waals surface area contributed by atoms with Crippen molar-refractivity contribution < 1.29 is 19.4 Å². The van der Waals surface area contributed by atoms with E-state index in [0.717, 1.165) is 22.6 Å². The zero-order chi connectivity index (χ0) is 27.1. The highest BCUT2D eigenvalue weighted by molar-refractivity contribution is 6.32. The molecule has 0 saturated carbocycles. The molecule has 1 heterocycles. The van der Waals surface area contributed by atoms with Gasteiger partial charge in [-0.15, -0.1) is 0 Å². The molecule has 2 aromatic carbocycles. The Morgan fingerprint density at radius 2 is 1.84 bits per heavy atom. The number of benzene rings is 2. The number of aliphatic hydroxyl groups is 1. The second kappa shape index (κ2) is 12.9. The van der Waals surface area contributed by atoms with E-state index in [1.807, 2.05) is 62.8 Å². The van der Waals surface area contributed by atoms with Gasteiger partial charge in [-0.25, -0.2) is 4.98 Å². The van der Waals surface area contributed by atoms with Gasteiger partial charge in [-0.2, -0.15) is 0 Å². The van der Waals surface area contributed by atoms with Crippen LogP contribution < -0.4 is 10.1 Å². The Hall–Kier alpha value is -3.16. The average molecular weight is 526 g/mol. The first-order valence-corrected chi connectivity index (χ1v) is 12.9. The average Bonchev–Trinajstić information content (AvgIpc) is 3.22. The molecule has 3 rings (SSSR count). The highest BCUT2D eigenvalue weighted by Crippen LogP contribution is 2.28. The molecule has 0 aliphatic carbocycles. The first-order valence-electron chi connectivity index (χ1n) is 12.6. The number of Topliss-reactive ketones (excluding diaryl/α,β-unsaturated/α-hetero) is 1. The molecular formula is C29H36ClN3O4. The lowest BCUT2D eigenvalue weighted by atomic mass is 9.89. The summed E-state index contributed by atoms with van der Waals surface area (Å²) in [6, 6.07) is 13.0. The molecule has 0 aliphatic heterocycles. The predicted molar refractivity (Wildman–Crippen MR) is 146 cm³/mol. The molecule has 8 heteroatoms. The normalized spacial score (nSPS) is 12.9. The minimum absolute atomic E-state index is 0.00586. The highest BCUT2D eigenvalue weighted by Gasteiger charge is 2.18. The molecule has 2 N–H and O–H groups in total. The van der Waals surface area contributed by atoms with E-state index in [9.17, 15) is 14.7 Å². The Balaban J connectivity index is 1.68. The van der Waals surface area contributed by atoms with Crippen LogP contribution in [-0.2, 0) is 18.3 Å². The number of imidazole rings is 1. The molecular weight excluding hydrogens is 490 g/mol. The summed E-state index contributed by atoms with van der Waals surface area (Å²) in [6.45, 7) is 7.25. The van der Waals surface area contributed by atoms with Crippen LogP contribution >= 0.6 is 11.6 Å². The maximum Gasteiger partial charge on any atom is 0.217 e. The molecule has 0 fully saturated rings. The smallest absolute Gasteiger partial charge is 0.217 e. The third-order valence-electron chi connectivity index (χ3n) is 6.12. The van der Waals surface area contributed by atoms with E-state index in [1.54, 1.807) is 18.2 Å². The predicted octanol–water partition coefficient (Wildman–Crippen LogP) is 5.54. The van der Waals surface area contributed by atoms with Gasteiger partial charge < -0.3 is 19.7 Å². The standard InChI is InChI=1S/C29H36ClN3O4/c1-18(2)37-28-11-10-24(16-25(28)30)27(36)15-22(12-13-34)14-21-6-8-23(9-7-21)26-17-33(5)29(32-26)19(3)31-20(4)35/h6-11,16-19,22,34H,12-15H2,1-5H3,(H,31,35)/t19?,22-/m1/s1. The topological polar surface area (TPSA) is 93.4 Å².